The van der Waals surface area contributed by atoms with Crippen LogP contribution in [0.3, 0.4) is 0 Å². The number of amides is 1. The molecule has 2 aromatic carbocycles. The molecule has 2 aliphatic rings. The van der Waals surface area contributed by atoms with Crippen LogP contribution in [0.1, 0.15) is 35.6 Å². The fraction of sp³-hybridized carbons (Fsp3) is 0.238. The highest BCUT2D eigenvalue weighted by Gasteiger charge is 2.23. The number of fused-ring (bicyclic) bond motifs is 1. The Morgan fingerprint density at radius 3 is 2.60 bits per heavy atom. The average Bonchev–Trinajstić information content (AvgIpc) is 3.05. The van der Waals surface area contributed by atoms with Gasteiger partial charge in [0.2, 0.25) is 5.91 Å². The number of rotatable bonds is 3. The molecule has 1 aliphatic heterocycles. The first-order chi connectivity index (χ1) is 12.1. The number of ether oxygens (including phenoxy) is 1. The van der Waals surface area contributed by atoms with Gasteiger partial charge in [0.1, 0.15) is 5.75 Å². The van der Waals surface area contributed by atoms with Gasteiger partial charge in [-0.1, -0.05) is 37.3 Å². The van der Waals surface area contributed by atoms with E-state index in [1.165, 1.54) is 22.3 Å². The molecule has 0 bridgehead atoms. The van der Waals surface area contributed by atoms with Crippen LogP contribution in [0.5, 0.6) is 5.75 Å². The Morgan fingerprint density at radius 1 is 1.12 bits per heavy atom. The van der Waals surface area contributed by atoms with Crippen LogP contribution in [0.15, 0.2) is 47.6 Å². The lowest BCUT2D eigenvalue weighted by Gasteiger charge is -2.19. The SMILES string of the molecule is COc1ccc(C2=Cc3cc(C4=NNC(=O)CC4C)ccc3C2)cc1. The van der Waals surface area contributed by atoms with Crippen molar-refractivity contribution < 1.29 is 9.53 Å². The summed E-state index contributed by atoms with van der Waals surface area (Å²) in [7, 11) is 1.68. The van der Waals surface area contributed by atoms with Crippen LogP contribution >= 0.6 is 0 Å². The molecule has 1 N–H and O–H groups in total. The highest BCUT2D eigenvalue weighted by atomic mass is 16.5. The molecular formula is C21H20N2O2. The molecule has 2 aromatic rings. The minimum absolute atomic E-state index is 0.0147. The molecular weight excluding hydrogens is 312 g/mol. The lowest BCUT2D eigenvalue weighted by atomic mass is 9.92. The highest BCUT2D eigenvalue weighted by Crippen LogP contribution is 2.33. The fourth-order valence-corrected chi connectivity index (χ4v) is 3.49. The van der Waals surface area contributed by atoms with E-state index in [0.29, 0.717) is 6.42 Å². The van der Waals surface area contributed by atoms with Gasteiger partial charge in [0.15, 0.2) is 0 Å². The Bertz CT molecular complexity index is 895. The topological polar surface area (TPSA) is 50.7 Å². The van der Waals surface area contributed by atoms with Crippen molar-refractivity contribution in [1.82, 2.24) is 5.43 Å². The van der Waals surface area contributed by atoms with E-state index in [0.717, 1.165) is 23.4 Å². The second-order valence-corrected chi connectivity index (χ2v) is 6.63. The Kier molecular flexibility index (Phi) is 3.88. The van der Waals surface area contributed by atoms with E-state index < -0.39 is 0 Å². The van der Waals surface area contributed by atoms with Gasteiger partial charge in [0.05, 0.1) is 12.8 Å². The number of carbonyl (C=O) groups excluding carboxylic acids is 1. The van der Waals surface area contributed by atoms with Gasteiger partial charge in [-0.15, -0.1) is 0 Å². The van der Waals surface area contributed by atoms with Gasteiger partial charge < -0.3 is 4.74 Å². The summed E-state index contributed by atoms with van der Waals surface area (Å²) in [6.07, 6.45) is 3.66. The van der Waals surface area contributed by atoms with Crippen molar-refractivity contribution in [3.05, 3.63) is 64.7 Å². The molecule has 0 radical (unpaired) electrons. The Morgan fingerprint density at radius 2 is 1.88 bits per heavy atom. The smallest absolute Gasteiger partial charge is 0.240 e. The maximum atomic E-state index is 11.4. The van der Waals surface area contributed by atoms with Gasteiger partial charge in [0.25, 0.3) is 0 Å². The molecule has 1 amide bonds. The zero-order valence-corrected chi connectivity index (χ0v) is 14.4. The molecule has 1 aliphatic carbocycles. The third-order valence-corrected chi connectivity index (χ3v) is 4.87. The van der Waals surface area contributed by atoms with Crippen molar-refractivity contribution in [2.24, 2.45) is 11.0 Å². The first kappa shape index (κ1) is 15.6. The summed E-state index contributed by atoms with van der Waals surface area (Å²) >= 11 is 0. The van der Waals surface area contributed by atoms with Crippen LogP contribution in [-0.4, -0.2) is 18.7 Å². The van der Waals surface area contributed by atoms with E-state index in [4.69, 9.17) is 4.74 Å². The van der Waals surface area contributed by atoms with Crippen LogP contribution < -0.4 is 10.2 Å². The third kappa shape index (κ3) is 2.95. The molecule has 126 valence electrons. The van der Waals surface area contributed by atoms with E-state index in [9.17, 15) is 4.79 Å². The molecule has 4 nitrogen and oxygen atoms in total. The first-order valence-electron chi connectivity index (χ1n) is 8.49. The summed E-state index contributed by atoms with van der Waals surface area (Å²) in [4.78, 5) is 11.4. The summed E-state index contributed by atoms with van der Waals surface area (Å²) < 4.78 is 5.23. The molecule has 0 saturated carbocycles. The van der Waals surface area contributed by atoms with Gasteiger partial charge >= 0.3 is 0 Å². The number of allylic oxidation sites excluding steroid dienone is 1. The molecule has 1 atom stereocenters. The molecule has 1 unspecified atom stereocenters. The highest BCUT2D eigenvalue weighted by molar-refractivity contribution is 6.06. The number of hydrogen-bond donors (Lipinski definition) is 1. The van der Waals surface area contributed by atoms with E-state index in [-0.39, 0.29) is 11.8 Å². The van der Waals surface area contributed by atoms with Gasteiger partial charge in [-0.2, -0.15) is 5.10 Å². The Balaban J connectivity index is 1.64. The number of nitrogens with zero attached hydrogens (tertiary/aromatic N) is 1. The molecule has 0 fully saturated rings. The van der Waals surface area contributed by atoms with Gasteiger partial charge in [-0.3, -0.25) is 4.79 Å². The number of carbonyl (C=O) groups is 1. The van der Waals surface area contributed by atoms with Gasteiger partial charge in [-0.25, -0.2) is 5.43 Å². The van der Waals surface area contributed by atoms with E-state index in [1.54, 1.807) is 7.11 Å². The molecule has 0 spiro atoms. The van der Waals surface area contributed by atoms with Crippen LogP contribution in [0, 0.1) is 5.92 Å². The maximum Gasteiger partial charge on any atom is 0.240 e. The second-order valence-electron chi connectivity index (χ2n) is 6.63. The summed E-state index contributed by atoms with van der Waals surface area (Å²) in [5.41, 5.74) is 9.71. The van der Waals surface area contributed by atoms with Crippen LogP contribution in [0.25, 0.3) is 11.6 Å². The Hall–Kier alpha value is -2.88. The second kappa shape index (κ2) is 6.20. The summed E-state index contributed by atoms with van der Waals surface area (Å²) in [5.74, 6) is 0.992. The van der Waals surface area contributed by atoms with Crippen molar-refractivity contribution in [3.63, 3.8) is 0 Å². The number of nitrogens with one attached hydrogen (secondary N) is 1. The number of methoxy groups -OCH3 is 1. The standard InChI is InChI=1S/C21H20N2O2/c1-13-9-20(24)22-23-21(13)16-4-3-15-10-17(12-18(15)11-16)14-5-7-19(25-2)8-6-14/h3-8,11-13H,9-10H2,1-2H3,(H,22,24). The summed E-state index contributed by atoms with van der Waals surface area (Å²) in [6, 6.07) is 14.6. The number of benzene rings is 2. The quantitative estimate of drug-likeness (QED) is 0.933. The maximum absolute atomic E-state index is 11.4. The molecule has 0 saturated heterocycles. The number of hydrogen-bond acceptors (Lipinski definition) is 3. The molecule has 0 aromatic heterocycles. The van der Waals surface area contributed by atoms with Crippen LogP contribution in [-0.2, 0) is 11.2 Å². The molecule has 1 heterocycles. The van der Waals surface area contributed by atoms with Crippen LogP contribution in [0.4, 0.5) is 0 Å². The van der Waals surface area contributed by atoms with Crippen molar-refractivity contribution in [1.29, 1.82) is 0 Å². The molecule has 4 heteroatoms. The van der Waals surface area contributed by atoms with E-state index >= 15 is 0 Å². The minimum atomic E-state index is -0.0147. The van der Waals surface area contributed by atoms with Crippen molar-refractivity contribution >= 4 is 23.3 Å². The zero-order chi connectivity index (χ0) is 17.4. The normalized spacial score (nSPS) is 19.0. The number of hydrazone groups is 1. The van der Waals surface area contributed by atoms with Gasteiger partial charge in [-0.05, 0) is 52.4 Å². The van der Waals surface area contributed by atoms with Crippen molar-refractivity contribution in [3.8, 4) is 5.75 Å². The lowest BCUT2D eigenvalue weighted by molar-refractivity contribution is -0.121. The summed E-state index contributed by atoms with van der Waals surface area (Å²) in [5, 5.41) is 4.27. The lowest BCUT2D eigenvalue weighted by Crippen LogP contribution is -2.31. The fourth-order valence-electron chi connectivity index (χ4n) is 3.49. The predicted octanol–water partition coefficient (Wildman–Crippen LogP) is 3.65. The largest absolute Gasteiger partial charge is 0.497 e. The molecule has 4 rings (SSSR count). The van der Waals surface area contributed by atoms with E-state index in [2.05, 4.69) is 46.9 Å². The zero-order valence-electron chi connectivity index (χ0n) is 14.4. The van der Waals surface area contributed by atoms with E-state index in [1.807, 2.05) is 19.1 Å². The Labute approximate surface area is 147 Å². The predicted molar refractivity (Wildman–Crippen MR) is 99.5 cm³/mol. The third-order valence-electron chi connectivity index (χ3n) is 4.87. The molecule has 25 heavy (non-hydrogen) atoms. The first-order valence-corrected chi connectivity index (χ1v) is 8.49. The van der Waals surface area contributed by atoms with Gasteiger partial charge in [0, 0.05) is 12.3 Å². The minimum Gasteiger partial charge on any atom is -0.497 e. The van der Waals surface area contributed by atoms with Crippen molar-refractivity contribution in [2.75, 3.05) is 7.11 Å². The van der Waals surface area contributed by atoms with Crippen molar-refractivity contribution in [2.45, 2.75) is 19.8 Å². The average molecular weight is 332 g/mol. The monoisotopic (exact) mass is 332 g/mol. The van der Waals surface area contributed by atoms with Crippen LogP contribution in [0.2, 0.25) is 0 Å². The summed E-state index contributed by atoms with van der Waals surface area (Å²) in [6.45, 7) is 2.05.